The normalized spacial score (nSPS) is 20.2. The molecule has 1 unspecified atom stereocenters. The Morgan fingerprint density at radius 2 is 2.03 bits per heavy atom. The molecule has 5 rings (SSSR count). The van der Waals surface area contributed by atoms with E-state index < -0.39 is 0 Å². The maximum atomic E-state index is 12.9. The average molecular weight is 525 g/mol. The Morgan fingerprint density at radius 1 is 1.22 bits per heavy atom. The number of ether oxygens (including phenoxy) is 1. The van der Waals surface area contributed by atoms with Crippen LogP contribution in [-0.2, 0) is 11.2 Å². The predicted molar refractivity (Wildman–Crippen MR) is 141 cm³/mol. The van der Waals surface area contributed by atoms with Gasteiger partial charge in [-0.2, -0.15) is 0 Å². The van der Waals surface area contributed by atoms with Crippen LogP contribution < -0.4 is 5.32 Å². The van der Waals surface area contributed by atoms with Gasteiger partial charge >= 0.3 is 0 Å². The summed E-state index contributed by atoms with van der Waals surface area (Å²) in [6.07, 6.45) is 8.47. The second kappa shape index (κ2) is 10.6. The summed E-state index contributed by atoms with van der Waals surface area (Å²) in [4.78, 5) is 31.8. The van der Waals surface area contributed by atoms with Crippen LogP contribution in [0, 0.1) is 5.92 Å². The van der Waals surface area contributed by atoms with Crippen LogP contribution in [0.4, 0.5) is 0 Å². The van der Waals surface area contributed by atoms with Crippen molar-refractivity contribution >= 4 is 39.9 Å². The van der Waals surface area contributed by atoms with Crippen LogP contribution >= 0.6 is 22.9 Å². The Hall–Kier alpha value is -2.88. The number of carbonyl (C=O) groups is 1. The molecule has 8 nitrogen and oxygen atoms in total. The molecule has 4 aromatic heterocycles. The predicted octanol–water partition coefficient (Wildman–Crippen LogP) is 5.34. The minimum Gasteiger partial charge on any atom is -0.381 e. The quantitative estimate of drug-likeness (QED) is 0.350. The minimum atomic E-state index is -0.0991. The Morgan fingerprint density at radius 3 is 2.72 bits per heavy atom. The van der Waals surface area contributed by atoms with Gasteiger partial charge in [0, 0.05) is 38.0 Å². The molecule has 10 heteroatoms. The lowest BCUT2D eigenvalue weighted by Crippen LogP contribution is -2.43. The van der Waals surface area contributed by atoms with Gasteiger partial charge in [-0.05, 0) is 49.4 Å². The molecule has 1 saturated carbocycles. The summed E-state index contributed by atoms with van der Waals surface area (Å²) < 4.78 is 8.76. The number of hydrogen-bond donors (Lipinski definition) is 1. The van der Waals surface area contributed by atoms with Gasteiger partial charge in [0.2, 0.25) is 0 Å². The fraction of sp³-hybridized carbons (Fsp3) is 0.423. The first-order valence-corrected chi connectivity index (χ1v) is 13.3. The van der Waals surface area contributed by atoms with E-state index in [9.17, 15) is 4.79 Å². The molecular weight excluding hydrogens is 496 g/mol. The first-order chi connectivity index (χ1) is 17.4. The van der Waals surface area contributed by atoms with Gasteiger partial charge in [-0.1, -0.05) is 25.4 Å². The summed E-state index contributed by atoms with van der Waals surface area (Å²) >= 11 is 7.34. The molecule has 0 saturated heterocycles. The third-order valence-electron chi connectivity index (χ3n) is 6.50. The number of carbonyl (C=O) groups excluding carboxylic acids is 1. The smallest absolute Gasteiger partial charge is 0.261 e. The van der Waals surface area contributed by atoms with Crippen molar-refractivity contribution in [1.29, 1.82) is 0 Å². The zero-order valence-electron chi connectivity index (χ0n) is 20.5. The number of rotatable bonds is 7. The first-order valence-electron chi connectivity index (χ1n) is 12.1. The lowest BCUT2D eigenvalue weighted by Gasteiger charge is -2.36. The number of hydrogen-bond acceptors (Lipinski definition) is 7. The van der Waals surface area contributed by atoms with Gasteiger partial charge in [0.15, 0.2) is 5.82 Å². The molecule has 0 radical (unpaired) electrons. The zero-order chi connectivity index (χ0) is 25.2. The van der Waals surface area contributed by atoms with Crippen LogP contribution in [0.25, 0.3) is 22.6 Å². The van der Waals surface area contributed by atoms with Crippen LogP contribution in [0.1, 0.15) is 54.6 Å². The van der Waals surface area contributed by atoms with Crippen LogP contribution in [0.3, 0.4) is 0 Å². The molecule has 0 aliphatic heterocycles. The number of thiophene rings is 1. The molecule has 36 heavy (non-hydrogen) atoms. The van der Waals surface area contributed by atoms with Gasteiger partial charge in [0.05, 0.1) is 27.0 Å². The van der Waals surface area contributed by atoms with Gasteiger partial charge in [0.25, 0.3) is 5.91 Å². The summed E-state index contributed by atoms with van der Waals surface area (Å²) in [5.74, 6) is 1.94. The van der Waals surface area contributed by atoms with E-state index in [1.165, 1.54) is 11.3 Å². The molecule has 1 fully saturated rings. The number of amides is 1. The van der Waals surface area contributed by atoms with E-state index in [0.29, 0.717) is 26.6 Å². The van der Waals surface area contributed by atoms with Crippen molar-refractivity contribution in [3.63, 3.8) is 0 Å². The van der Waals surface area contributed by atoms with Crippen molar-refractivity contribution in [3.8, 4) is 11.5 Å². The number of methoxy groups -OCH3 is 1. The third kappa shape index (κ3) is 5.28. The lowest BCUT2D eigenvalue weighted by atomic mass is 9.88. The number of nitrogens with one attached hydrogen (secondary N) is 1. The third-order valence-corrected chi connectivity index (χ3v) is 7.73. The van der Waals surface area contributed by atoms with Crippen LogP contribution in [0.5, 0.6) is 0 Å². The van der Waals surface area contributed by atoms with E-state index in [2.05, 4.69) is 38.7 Å². The average Bonchev–Trinajstić information content (AvgIpc) is 3.46. The fourth-order valence-electron chi connectivity index (χ4n) is 4.97. The minimum absolute atomic E-state index is 0.0177. The lowest BCUT2D eigenvalue weighted by molar-refractivity contribution is 0.0391. The molecule has 4 aromatic rings. The van der Waals surface area contributed by atoms with Gasteiger partial charge < -0.3 is 14.6 Å². The molecule has 188 valence electrons. The second-order valence-electron chi connectivity index (χ2n) is 9.62. The van der Waals surface area contributed by atoms with Crippen molar-refractivity contribution in [1.82, 2.24) is 29.8 Å². The highest BCUT2D eigenvalue weighted by molar-refractivity contribution is 7.18. The monoisotopic (exact) mass is 524 g/mol. The number of fused-ring (bicyclic) bond motifs is 1. The highest BCUT2D eigenvalue weighted by Gasteiger charge is 2.33. The molecule has 3 atom stereocenters. The van der Waals surface area contributed by atoms with Crippen molar-refractivity contribution in [2.75, 3.05) is 7.11 Å². The maximum absolute atomic E-state index is 12.9. The molecule has 0 spiro atoms. The van der Waals surface area contributed by atoms with E-state index >= 15 is 0 Å². The van der Waals surface area contributed by atoms with Crippen molar-refractivity contribution in [3.05, 3.63) is 57.9 Å². The van der Waals surface area contributed by atoms with Crippen molar-refractivity contribution < 1.29 is 9.53 Å². The van der Waals surface area contributed by atoms with Crippen LogP contribution in [0.15, 0.2) is 42.9 Å². The fourth-order valence-corrected chi connectivity index (χ4v) is 5.92. The number of halogens is 1. The summed E-state index contributed by atoms with van der Waals surface area (Å²) in [5.41, 5.74) is 2.55. The Labute approximate surface area is 219 Å². The maximum Gasteiger partial charge on any atom is 0.261 e. The highest BCUT2D eigenvalue weighted by Crippen LogP contribution is 2.35. The summed E-state index contributed by atoms with van der Waals surface area (Å²) in [6, 6.07) is 7.40. The Bertz CT molecular complexity index is 1360. The SMILES string of the molecule is CO[C@@H]1CC(NC(=O)c2ccc(Cl)s2)C[C@@H](n2c(CC(C)C)nc3cnc(-c4ncccn4)cc32)C1. The van der Waals surface area contributed by atoms with Gasteiger partial charge in [0.1, 0.15) is 17.0 Å². The summed E-state index contributed by atoms with van der Waals surface area (Å²) in [5, 5.41) is 3.22. The van der Waals surface area contributed by atoms with Gasteiger partial charge in [-0.3, -0.25) is 9.78 Å². The molecule has 0 aromatic carbocycles. The topological polar surface area (TPSA) is 94.8 Å². The summed E-state index contributed by atoms with van der Waals surface area (Å²) in [7, 11) is 1.74. The van der Waals surface area contributed by atoms with Gasteiger partial charge in [-0.15, -0.1) is 11.3 Å². The van der Waals surface area contributed by atoms with Crippen molar-refractivity contribution in [2.45, 2.75) is 57.7 Å². The van der Waals surface area contributed by atoms with Crippen molar-refractivity contribution in [2.24, 2.45) is 5.92 Å². The zero-order valence-corrected chi connectivity index (χ0v) is 22.1. The van der Waals surface area contributed by atoms with E-state index in [4.69, 9.17) is 21.3 Å². The molecule has 4 heterocycles. The number of aromatic nitrogens is 5. The Kier molecular flexibility index (Phi) is 7.32. The molecule has 1 aliphatic rings. The number of imidazole rings is 1. The highest BCUT2D eigenvalue weighted by atomic mass is 35.5. The standard InChI is InChI=1S/C26H29ClN6O2S/c1-15(2)9-24-32-20-14-30-19(25-28-7-4-8-29-25)13-21(20)33(24)17-10-16(11-18(12-17)35-3)31-26(34)22-5-6-23(27)36-22/h4-8,13-18H,9-12H2,1-3H3,(H,31,34)/t16?,17-,18-/m1/s1. The van der Waals surface area contributed by atoms with Crippen LogP contribution in [-0.4, -0.2) is 49.7 Å². The first kappa shape index (κ1) is 24.8. The van der Waals surface area contributed by atoms with Gasteiger partial charge in [-0.25, -0.2) is 15.0 Å². The number of pyridine rings is 1. The molecule has 1 N–H and O–H groups in total. The van der Waals surface area contributed by atoms with Crippen LogP contribution in [0.2, 0.25) is 4.34 Å². The van der Waals surface area contributed by atoms with E-state index in [1.807, 2.05) is 6.07 Å². The number of nitrogens with zero attached hydrogens (tertiary/aromatic N) is 5. The molecule has 1 amide bonds. The van der Waals surface area contributed by atoms with E-state index in [1.54, 1.807) is 43.9 Å². The molecule has 1 aliphatic carbocycles. The van der Waals surface area contributed by atoms with E-state index in [-0.39, 0.29) is 24.1 Å². The molecular formula is C26H29ClN6O2S. The Balaban J connectivity index is 1.51. The molecule has 0 bridgehead atoms. The summed E-state index contributed by atoms with van der Waals surface area (Å²) in [6.45, 7) is 4.39. The second-order valence-corrected chi connectivity index (χ2v) is 11.3. The van der Waals surface area contributed by atoms with E-state index in [0.717, 1.165) is 42.5 Å². The largest absolute Gasteiger partial charge is 0.381 e.